The maximum Gasteiger partial charge on any atom is 0.331 e. The number of rotatable bonds is 10. The summed E-state index contributed by atoms with van der Waals surface area (Å²) in [5, 5.41) is 34.6. The highest BCUT2D eigenvalue weighted by molar-refractivity contribution is 6.04. The van der Waals surface area contributed by atoms with Crippen molar-refractivity contribution in [3.05, 3.63) is 84.1 Å². The van der Waals surface area contributed by atoms with Crippen LogP contribution in [0.5, 0.6) is 0 Å². The van der Waals surface area contributed by atoms with E-state index in [-0.39, 0.29) is 6.42 Å². The molecule has 0 aromatic carbocycles. The van der Waals surface area contributed by atoms with Gasteiger partial charge in [0.25, 0.3) is 0 Å². The lowest BCUT2D eigenvalue weighted by atomic mass is 9.59. The van der Waals surface area contributed by atoms with E-state index in [1.165, 1.54) is 13.0 Å². The second kappa shape index (κ2) is 12.6. The van der Waals surface area contributed by atoms with Crippen LogP contribution in [0, 0.1) is 29.1 Å². The molecule has 0 radical (unpaired) electrons. The number of carbonyl (C=O) groups excluding carboxylic acids is 3. The van der Waals surface area contributed by atoms with Crippen LogP contribution in [0.4, 0.5) is 0 Å². The molecule has 0 bridgehead atoms. The molecule has 238 valence electrons. The first-order valence-corrected chi connectivity index (χ1v) is 15.4. The van der Waals surface area contributed by atoms with Gasteiger partial charge in [0, 0.05) is 48.5 Å². The predicted octanol–water partition coefficient (Wildman–Crippen LogP) is 4.63. The summed E-state index contributed by atoms with van der Waals surface area (Å²) in [4.78, 5) is 38.9. The standard InChI is InChI=1S/C36H46O8/c1-7-8-9-10-11-12-13-14-15-16-17-18-29(39)44-36-30(33(36,5)6)27-20-26(22-37)21-34(41)28(19-23(2)31(34)40)35(27,42)24(3)32(36)43-25(4)38/h9-20,24,27-28,30,32,37,41-42H,7-8,21-22H2,1-6H3/b10-9-,12-11+,14-13-,16-15+,18-17-/t24-,27+,28+,30+,32-,34-,35-,36-/m1/s1. The molecule has 0 aromatic heterocycles. The number of unbranched alkanes of at least 4 members (excludes halogenated alkanes) is 1. The van der Waals surface area contributed by atoms with Crippen LogP contribution in [-0.4, -0.2) is 62.6 Å². The van der Waals surface area contributed by atoms with Gasteiger partial charge in [-0.2, -0.15) is 0 Å². The Labute approximate surface area is 260 Å². The Morgan fingerprint density at radius 1 is 1.02 bits per heavy atom. The zero-order chi connectivity index (χ0) is 32.5. The van der Waals surface area contributed by atoms with Gasteiger partial charge in [-0.3, -0.25) is 9.59 Å². The summed E-state index contributed by atoms with van der Waals surface area (Å²) < 4.78 is 12.1. The van der Waals surface area contributed by atoms with E-state index in [1.54, 1.807) is 44.2 Å². The van der Waals surface area contributed by atoms with Crippen molar-refractivity contribution in [3.63, 3.8) is 0 Å². The number of ether oxygens (including phenoxy) is 2. The average Bonchev–Trinajstić information content (AvgIpc) is 3.39. The molecule has 4 rings (SSSR count). The highest BCUT2D eigenvalue weighted by Crippen LogP contribution is 2.77. The van der Waals surface area contributed by atoms with Crippen molar-refractivity contribution < 1.29 is 39.2 Å². The predicted molar refractivity (Wildman–Crippen MR) is 167 cm³/mol. The zero-order valence-electron chi connectivity index (χ0n) is 26.5. The molecule has 0 heterocycles. The van der Waals surface area contributed by atoms with E-state index in [2.05, 4.69) is 13.0 Å². The van der Waals surface area contributed by atoms with Crippen LogP contribution in [0.25, 0.3) is 0 Å². The number of hydrogen-bond donors (Lipinski definition) is 3. The van der Waals surface area contributed by atoms with Crippen molar-refractivity contribution in [3.8, 4) is 0 Å². The van der Waals surface area contributed by atoms with Crippen LogP contribution in [0.15, 0.2) is 84.1 Å². The van der Waals surface area contributed by atoms with Gasteiger partial charge in [-0.25, -0.2) is 4.79 Å². The summed E-state index contributed by atoms with van der Waals surface area (Å²) in [6.45, 7) is 10.1. The molecule has 44 heavy (non-hydrogen) atoms. The van der Waals surface area contributed by atoms with Crippen LogP contribution in [0.3, 0.4) is 0 Å². The molecule has 4 aliphatic carbocycles. The van der Waals surface area contributed by atoms with E-state index >= 15 is 0 Å². The number of carbonyl (C=O) groups is 3. The fraction of sp³-hybridized carbons (Fsp3) is 0.528. The fourth-order valence-electron chi connectivity index (χ4n) is 8.06. The Morgan fingerprint density at radius 3 is 2.23 bits per heavy atom. The average molecular weight is 607 g/mol. The molecule has 3 N–H and O–H groups in total. The Kier molecular flexibility index (Phi) is 9.60. The number of aliphatic hydroxyl groups is 3. The van der Waals surface area contributed by atoms with Crippen LogP contribution < -0.4 is 0 Å². The minimum absolute atomic E-state index is 0.139. The van der Waals surface area contributed by atoms with Crippen molar-refractivity contribution in [1.29, 1.82) is 0 Å². The van der Waals surface area contributed by atoms with E-state index < -0.39 is 76.3 Å². The Hall–Kier alpha value is -3.33. The SMILES string of the molecule is CCC\C=C/C=C/C=C\C=C\C=C/C(=O)O[C@@]12[C@H](OC(C)=O)[C@@H](C)[C@]3(O)[C@H]4C=C(C)C(=O)[C@@]4(O)CC(CO)=C[C@H]3[C@H]1C2(C)C. The van der Waals surface area contributed by atoms with E-state index in [4.69, 9.17) is 9.47 Å². The lowest BCUT2D eigenvalue weighted by Gasteiger charge is -2.53. The quantitative estimate of drug-likeness (QED) is 0.142. The number of hydrogen-bond acceptors (Lipinski definition) is 8. The minimum Gasteiger partial charge on any atom is -0.458 e. The van der Waals surface area contributed by atoms with Gasteiger partial charge in [-0.05, 0) is 24.5 Å². The Bertz CT molecular complexity index is 1380. The number of fused-ring (bicyclic) bond motifs is 5. The van der Waals surface area contributed by atoms with Gasteiger partial charge in [-0.15, -0.1) is 0 Å². The maximum absolute atomic E-state index is 13.2. The van der Waals surface area contributed by atoms with Gasteiger partial charge in [0.15, 0.2) is 11.4 Å². The van der Waals surface area contributed by atoms with Crippen molar-refractivity contribution in [2.75, 3.05) is 6.61 Å². The molecule has 8 atom stereocenters. The number of aliphatic hydroxyl groups excluding tert-OH is 1. The molecule has 0 unspecified atom stereocenters. The van der Waals surface area contributed by atoms with Gasteiger partial charge in [0.1, 0.15) is 11.7 Å². The van der Waals surface area contributed by atoms with Crippen LogP contribution in [0.1, 0.15) is 60.8 Å². The molecule has 0 aromatic rings. The van der Waals surface area contributed by atoms with Gasteiger partial charge < -0.3 is 24.8 Å². The summed E-state index contributed by atoms with van der Waals surface area (Å²) in [5.41, 5.74) is -5.03. The lowest BCUT2D eigenvalue weighted by molar-refractivity contribution is -0.226. The molecule has 2 saturated carbocycles. The second-order valence-electron chi connectivity index (χ2n) is 13.1. The van der Waals surface area contributed by atoms with E-state index in [0.717, 1.165) is 12.8 Å². The molecule has 2 fully saturated rings. The number of Topliss-reactive ketones (excluding diaryl/α,β-unsaturated/α-hetero) is 1. The van der Waals surface area contributed by atoms with Gasteiger partial charge in [0.05, 0.1) is 12.2 Å². The molecule has 0 aliphatic heterocycles. The number of ketones is 1. The van der Waals surface area contributed by atoms with Crippen LogP contribution in [-0.2, 0) is 23.9 Å². The third kappa shape index (κ3) is 5.41. The summed E-state index contributed by atoms with van der Waals surface area (Å²) in [5.74, 6) is -4.88. The molecule has 4 aliphatic rings. The highest BCUT2D eigenvalue weighted by Gasteiger charge is 2.87. The third-order valence-corrected chi connectivity index (χ3v) is 10.1. The first-order chi connectivity index (χ1) is 20.7. The van der Waals surface area contributed by atoms with Crippen molar-refractivity contribution in [2.45, 2.75) is 83.7 Å². The largest absolute Gasteiger partial charge is 0.458 e. The highest BCUT2D eigenvalue weighted by atomic mass is 16.6. The molecular weight excluding hydrogens is 560 g/mol. The molecule has 8 heteroatoms. The van der Waals surface area contributed by atoms with E-state index in [9.17, 15) is 29.7 Å². The number of esters is 2. The maximum atomic E-state index is 13.2. The topological polar surface area (TPSA) is 130 Å². The Morgan fingerprint density at radius 2 is 1.64 bits per heavy atom. The molecular formula is C36H46O8. The molecule has 0 amide bonds. The lowest BCUT2D eigenvalue weighted by Crippen LogP contribution is -2.66. The third-order valence-electron chi connectivity index (χ3n) is 10.1. The monoisotopic (exact) mass is 606 g/mol. The van der Waals surface area contributed by atoms with E-state index in [1.807, 2.05) is 44.2 Å². The van der Waals surface area contributed by atoms with E-state index in [0.29, 0.717) is 11.1 Å². The summed E-state index contributed by atoms with van der Waals surface area (Å²) in [6.07, 6.45) is 22.3. The summed E-state index contributed by atoms with van der Waals surface area (Å²) >= 11 is 0. The number of allylic oxidation sites excluding steroid dienone is 9. The fourth-order valence-corrected chi connectivity index (χ4v) is 8.06. The zero-order valence-corrected chi connectivity index (χ0v) is 26.5. The van der Waals surface area contributed by atoms with Crippen molar-refractivity contribution in [2.24, 2.45) is 29.1 Å². The second-order valence-corrected chi connectivity index (χ2v) is 13.1. The molecule has 8 nitrogen and oxygen atoms in total. The van der Waals surface area contributed by atoms with Crippen molar-refractivity contribution >= 4 is 17.7 Å². The summed E-state index contributed by atoms with van der Waals surface area (Å²) in [6, 6.07) is 0. The minimum atomic E-state index is -1.96. The smallest absolute Gasteiger partial charge is 0.331 e. The van der Waals surface area contributed by atoms with Crippen LogP contribution >= 0.6 is 0 Å². The van der Waals surface area contributed by atoms with Gasteiger partial charge >= 0.3 is 11.9 Å². The van der Waals surface area contributed by atoms with Crippen molar-refractivity contribution in [1.82, 2.24) is 0 Å². The Balaban J connectivity index is 1.65. The van der Waals surface area contributed by atoms with Crippen LogP contribution in [0.2, 0.25) is 0 Å². The van der Waals surface area contributed by atoms with Gasteiger partial charge in [0.2, 0.25) is 0 Å². The first-order valence-electron chi connectivity index (χ1n) is 15.4. The summed E-state index contributed by atoms with van der Waals surface area (Å²) in [7, 11) is 0. The first kappa shape index (κ1) is 33.6. The van der Waals surface area contributed by atoms with Gasteiger partial charge in [-0.1, -0.05) is 101 Å². The molecule has 0 spiro atoms. The molecule has 0 saturated heterocycles. The normalized spacial score (nSPS) is 37.7.